The molecule has 0 aromatic heterocycles. The van der Waals surface area contributed by atoms with E-state index in [2.05, 4.69) is 4.99 Å². The SMILES string of the molecule is Cc1c([N+](=O)[O-])ccc(N=C=O)c1F. The molecule has 0 aliphatic carbocycles. The quantitative estimate of drug-likeness (QED) is 0.314. The van der Waals surface area contributed by atoms with Gasteiger partial charge in [-0.3, -0.25) is 10.1 Å². The van der Waals surface area contributed by atoms with Gasteiger partial charge in [-0.1, -0.05) is 0 Å². The van der Waals surface area contributed by atoms with Crippen LogP contribution in [-0.4, -0.2) is 11.0 Å². The van der Waals surface area contributed by atoms with Crippen molar-refractivity contribution >= 4 is 17.5 Å². The van der Waals surface area contributed by atoms with Crippen molar-refractivity contribution in [2.45, 2.75) is 6.92 Å². The van der Waals surface area contributed by atoms with Gasteiger partial charge in [-0.25, -0.2) is 9.18 Å². The molecule has 0 saturated carbocycles. The van der Waals surface area contributed by atoms with Gasteiger partial charge in [-0.2, -0.15) is 4.99 Å². The summed E-state index contributed by atoms with van der Waals surface area (Å²) in [5.74, 6) is -0.873. The molecular formula is C8H5FN2O3. The molecular weight excluding hydrogens is 191 g/mol. The molecule has 14 heavy (non-hydrogen) atoms. The third-order valence-corrected chi connectivity index (χ3v) is 1.70. The van der Waals surface area contributed by atoms with Gasteiger partial charge in [0, 0.05) is 6.07 Å². The van der Waals surface area contributed by atoms with Crippen molar-refractivity contribution in [1.82, 2.24) is 0 Å². The fourth-order valence-corrected chi connectivity index (χ4v) is 0.994. The number of nitrogens with zero attached hydrogens (tertiary/aromatic N) is 2. The van der Waals surface area contributed by atoms with Gasteiger partial charge in [0.1, 0.15) is 5.69 Å². The van der Waals surface area contributed by atoms with Crippen molar-refractivity contribution in [1.29, 1.82) is 0 Å². The molecule has 0 amide bonds. The number of aliphatic imine (C=N–C) groups is 1. The molecule has 0 spiro atoms. The Kier molecular flexibility index (Phi) is 2.69. The van der Waals surface area contributed by atoms with E-state index in [1.165, 1.54) is 13.0 Å². The monoisotopic (exact) mass is 196 g/mol. The number of rotatable bonds is 2. The maximum Gasteiger partial charge on any atom is 0.275 e. The van der Waals surface area contributed by atoms with Crippen LogP contribution in [-0.2, 0) is 4.79 Å². The lowest BCUT2D eigenvalue weighted by atomic mass is 10.1. The Labute approximate surface area is 78.0 Å². The highest BCUT2D eigenvalue weighted by Crippen LogP contribution is 2.27. The normalized spacial score (nSPS) is 9.29. The van der Waals surface area contributed by atoms with Crippen LogP contribution in [0.3, 0.4) is 0 Å². The van der Waals surface area contributed by atoms with Gasteiger partial charge in [-0.05, 0) is 13.0 Å². The minimum Gasteiger partial charge on any atom is -0.258 e. The minimum absolute atomic E-state index is 0.147. The Bertz CT molecular complexity index is 411. The molecule has 0 bridgehead atoms. The molecule has 0 atom stereocenters. The molecule has 0 aliphatic rings. The molecule has 0 unspecified atom stereocenters. The maximum atomic E-state index is 13.2. The zero-order valence-corrected chi connectivity index (χ0v) is 7.15. The van der Waals surface area contributed by atoms with Crippen molar-refractivity contribution in [3.05, 3.63) is 33.6 Å². The summed E-state index contributed by atoms with van der Waals surface area (Å²) in [4.78, 5) is 22.6. The van der Waals surface area contributed by atoms with Crippen molar-refractivity contribution in [3.63, 3.8) is 0 Å². The standard InChI is InChI=1S/C8H5FN2O3/c1-5-7(11(13)14)3-2-6(8(5)9)10-4-12/h2-3H,1H3. The Hall–Kier alpha value is -2.07. The van der Waals surface area contributed by atoms with E-state index in [1.54, 1.807) is 0 Å². The molecule has 72 valence electrons. The molecule has 0 radical (unpaired) electrons. The Morgan fingerprint density at radius 3 is 2.71 bits per heavy atom. The van der Waals surface area contributed by atoms with E-state index >= 15 is 0 Å². The summed E-state index contributed by atoms with van der Waals surface area (Å²) in [5, 5.41) is 10.4. The average molecular weight is 196 g/mol. The predicted octanol–water partition coefficient (Wildman–Crippen LogP) is 2.01. The lowest BCUT2D eigenvalue weighted by molar-refractivity contribution is -0.385. The Morgan fingerprint density at radius 2 is 2.21 bits per heavy atom. The van der Waals surface area contributed by atoms with Crippen LogP contribution in [0.5, 0.6) is 0 Å². The zero-order chi connectivity index (χ0) is 10.7. The van der Waals surface area contributed by atoms with Crippen molar-refractivity contribution < 1.29 is 14.1 Å². The van der Waals surface area contributed by atoms with Crippen LogP contribution >= 0.6 is 0 Å². The first kappa shape index (κ1) is 10.0. The van der Waals surface area contributed by atoms with Gasteiger partial charge < -0.3 is 0 Å². The zero-order valence-electron chi connectivity index (χ0n) is 7.15. The van der Waals surface area contributed by atoms with Crippen LogP contribution in [0.15, 0.2) is 17.1 Å². The molecule has 1 aromatic carbocycles. The highest BCUT2D eigenvalue weighted by atomic mass is 19.1. The molecule has 0 N–H and O–H groups in total. The van der Waals surface area contributed by atoms with E-state index in [9.17, 15) is 19.3 Å². The lowest BCUT2D eigenvalue weighted by Gasteiger charge is -1.99. The number of nitro groups is 1. The van der Waals surface area contributed by atoms with Gasteiger partial charge in [0.15, 0.2) is 5.82 Å². The number of hydrogen-bond acceptors (Lipinski definition) is 4. The molecule has 0 saturated heterocycles. The predicted molar refractivity (Wildman–Crippen MR) is 45.6 cm³/mol. The van der Waals surface area contributed by atoms with Gasteiger partial charge in [0.25, 0.3) is 5.69 Å². The second-order valence-corrected chi connectivity index (χ2v) is 2.50. The third-order valence-electron chi connectivity index (χ3n) is 1.70. The summed E-state index contributed by atoms with van der Waals surface area (Å²) >= 11 is 0. The van der Waals surface area contributed by atoms with Crippen LogP contribution in [0.4, 0.5) is 15.8 Å². The summed E-state index contributed by atoms with van der Waals surface area (Å²) in [6.07, 6.45) is 1.17. The second-order valence-electron chi connectivity index (χ2n) is 2.50. The molecule has 0 aliphatic heterocycles. The highest BCUT2D eigenvalue weighted by molar-refractivity contribution is 5.56. The summed E-state index contributed by atoms with van der Waals surface area (Å²) in [6, 6.07) is 2.15. The minimum atomic E-state index is -0.873. The second kappa shape index (κ2) is 3.76. The van der Waals surface area contributed by atoms with Gasteiger partial charge >= 0.3 is 0 Å². The fraction of sp³-hybridized carbons (Fsp3) is 0.125. The number of isocyanates is 1. The topological polar surface area (TPSA) is 72.6 Å². The smallest absolute Gasteiger partial charge is 0.258 e. The van der Waals surface area contributed by atoms with Crippen LogP contribution in [0.2, 0.25) is 0 Å². The third kappa shape index (κ3) is 1.65. The van der Waals surface area contributed by atoms with Crippen LogP contribution in [0.25, 0.3) is 0 Å². The van der Waals surface area contributed by atoms with E-state index in [0.717, 1.165) is 12.1 Å². The number of hydrogen-bond donors (Lipinski definition) is 0. The first-order chi connectivity index (χ1) is 6.57. The van der Waals surface area contributed by atoms with Gasteiger partial charge in [0.2, 0.25) is 6.08 Å². The van der Waals surface area contributed by atoms with Crippen LogP contribution < -0.4 is 0 Å². The van der Waals surface area contributed by atoms with E-state index < -0.39 is 10.7 Å². The summed E-state index contributed by atoms with van der Waals surface area (Å²) in [5.41, 5.74) is -0.734. The molecule has 0 fully saturated rings. The van der Waals surface area contributed by atoms with Crippen LogP contribution in [0.1, 0.15) is 5.56 Å². The maximum absolute atomic E-state index is 13.2. The van der Waals surface area contributed by atoms with E-state index in [0.29, 0.717) is 0 Å². The highest BCUT2D eigenvalue weighted by Gasteiger charge is 2.16. The fourth-order valence-electron chi connectivity index (χ4n) is 0.994. The van der Waals surface area contributed by atoms with Crippen LogP contribution in [0, 0.1) is 22.9 Å². The summed E-state index contributed by atoms with van der Waals surface area (Å²) < 4.78 is 13.2. The molecule has 0 heterocycles. The van der Waals surface area contributed by atoms with Crippen molar-refractivity contribution in [3.8, 4) is 0 Å². The number of halogens is 1. The van der Waals surface area contributed by atoms with Crippen molar-refractivity contribution in [2.24, 2.45) is 4.99 Å². The van der Waals surface area contributed by atoms with E-state index in [1.807, 2.05) is 0 Å². The Balaban J connectivity index is 3.40. The van der Waals surface area contributed by atoms with Crippen molar-refractivity contribution in [2.75, 3.05) is 0 Å². The first-order valence-corrected chi connectivity index (χ1v) is 3.59. The summed E-state index contributed by atoms with van der Waals surface area (Å²) in [6.45, 7) is 1.25. The van der Waals surface area contributed by atoms with E-state index in [4.69, 9.17) is 0 Å². The van der Waals surface area contributed by atoms with Gasteiger partial charge in [-0.15, -0.1) is 0 Å². The number of carbonyl (C=O) groups excluding carboxylic acids is 1. The first-order valence-electron chi connectivity index (χ1n) is 3.59. The number of benzene rings is 1. The molecule has 6 heteroatoms. The lowest BCUT2D eigenvalue weighted by Crippen LogP contribution is -1.94. The molecule has 1 aromatic rings. The Morgan fingerprint density at radius 1 is 1.57 bits per heavy atom. The average Bonchev–Trinajstić information content (AvgIpc) is 2.13. The summed E-state index contributed by atoms with van der Waals surface area (Å²) in [7, 11) is 0. The van der Waals surface area contributed by atoms with E-state index in [-0.39, 0.29) is 16.9 Å². The molecule has 5 nitrogen and oxygen atoms in total. The van der Waals surface area contributed by atoms with Gasteiger partial charge in [0.05, 0.1) is 10.5 Å². The molecule has 1 rings (SSSR count). The largest absolute Gasteiger partial charge is 0.275 e. The number of nitro benzene ring substituents is 1.